The third-order valence-electron chi connectivity index (χ3n) is 2.40. The first-order chi connectivity index (χ1) is 8.02. The number of hydrogen-bond acceptors (Lipinski definition) is 2. The number of hydrogen-bond donors (Lipinski definition) is 1. The molecule has 4 heteroatoms. The monoisotopic (exact) mass is 275 g/mol. The van der Waals surface area contributed by atoms with Gasteiger partial charge in [-0.15, -0.1) is 0 Å². The van der Waals surface area contributed by atoms with Crippen molar-refractivity contribution in [3.8, 4) is 5.75 Å². The van der Waals surface area contributed by atoms with Gasteiger partial charge in [0, 0.05) is 18.7 Å². The third-order valence-corrected chi connectivity index (χ3v) is 3.14. The Morgan fingerprint density at radius 1 is 1.24 bits per heavy atom. The predicted octanol–water partition coefficient (Wildman–Crippen LogP) is 4.15. The fourth-order valence-electron chi connectivity index (χ4n) is 1.38. The molecule has 0 aliphatic heterocycles. The highest BCUT2D eigenvalue weighted by Gasteiger charge is 2.09. The van der Waals surface area contributed by atoms with Crippen molar-refractivity contribution in [1.29, 1.82) is 0 Å². The molecule has 1 atom stereocenters. The Bertz CT molecular complexity index is 355. The Labute approximate surface area is 113 Å². The van der Waals surface area contributed by atoms with E-state index in [9.17, 15) is 0 Å². The van der Waals surface area contributed by atoms with Crippen LogP contribution in [-0.2, 0) is 0 Å². The summed E-state index contributed by atoms with van der Waals surface area (Å²) in [6.45, 7) is 7.16. The first-order valence-corrected chi connectivity index (χ1v) is 6.63. The summed E-state index contributed by atoms with van der Waals surface area (Å²) in [6, 6.07) is 5.80. The van der Waals surface area contributed by atoms with Crippen molar-refractivity contribution in [3.05, 3.63) is 28.2 Å². The molecule has 0 saturated heterocycles. The number of halogens is 2. The van der Waals surface area contributed by atoms with E-state index < -0.39 is 0 Å². The maximum Gasteiger partial charge on any atom is 0.121 e. The normalized spacial score (nSPS) is 12.8. The number of nitrogens with one attached hydrogen (secondary N) is 1. The highest BCUT2D eigenvalue weighted by Crippen LogP contribution is 2.27. The van der Waals surface area contributed by atoms with Crippen LogP contribution in [0.1, 0.15) is 27.2 Å². The van der Waals surface area contributed by atoms with Crippen molar-refractivity contribution >= 4 is 23.2 Å². The fraction of sp³-hybridized carbons (Fsp3) is 0.538. The molecule has 1 aromatic carbocycles. The van der Waals surface area contributed by atoms with E-state index >= 15 is 0 Å². The quantitative estimate of drug-likeness (QED) is 0.842. The van der Waals surface area contributed by atoms with Gasteiger partial charge in [-0.25, -0.2) is 0 Å². The molecule has 96 valence electrons. The van der Waals surface area contributed by atoms with Crippen molar-refractivity contribution in [3.63, 3.8) is 0 Å². The number of rotatable bonds is 6. The Kier molecular flexibility index (Phi) is 6.10. The summed E-state index contributed by atoms with van der Waals surface area (Å²) in [5.74, 6) is 0.761. The van der Waals surface area contributed by atoms with E-state index in [-0.39, 0.29) is 6.10 Å². The van der Waals surface area contributed by atoms with Gasteiger partial charge in [0.15, 0.2) is 0 Å². The Morgan fingerprint density at radius 2 is 1.94 bits per heavy atom. The zero-order valence-electron chi connectivity index (χ0n) is 10.5. The first-order valence-electron chi connectivity index (χ1n) is 5.88. The summed E-state index contributed by atoms with van der Waals surface area (Å²) in [5.41, 5.74) is 0. The standard InChI is InChI=1S/C13H19Cl2NO/c1-4-10(8-16-9(2)3)17-11-5-6-12(14)13(15)7-11/h5-7,9-10,16H,4,8H2,1-3H3. The molecular weight excluding hydrogens is 257 g/mol. The van der Waals surface area contributed by atoms with Gasteiger partial charge in [0.05, 0.1) is 10.0 Å². The Hall–Kier alpha value is -0.440. The second-order valence-corrected chi connectivity index (χ2v) is 5.10. The molecular formula is C13H19Cl2NO. The molecule has 1 unspecified atom stereocenters. The highest BCUT2D eigenvalue weighted by atomic mass is 35.5. The van der Waals surface area contributed by atoms with Crippen LogP contribution in [0, 0.1) is 0 Å². The molecule has 1 rings (SSSR count). The molecule has 1 aromatic rings. The number of benzene rings is 1. The van der Waals surface area contributed by atoms with Gasteiger partial charge < -0.3 is 10.1 Å². The Balaban J connectivity index is 2.57. The average Bonchev–Trinajstić information content (AvgIpc) is 2.28. The summed E-state index contributed by atoms with van der Waals surface area (Å²) in [7, 11) is 0. The smallest absolute Gasteiger partial charge is 0.121 e. The van der Waals surface area contributed by atoms with Crippen LogP contribution < -0.4 is 10.1 Å². The van der Waals surface area contributed by atoms with Crippen LogP contribution in [0.3, 0.4) is 0 Å². The third kappa shape index (κ3) is 5.15. The summed E-state index contributed by atoms with van der Waals surface area (Å²) in [4.78, 5) is 0. The molecule has 0 bridgehead atoms. The van der Waals surface area contributed by atoms with E-state index in [4.69, 9.17) is 27.9 Å². The second-order valence-electron chi connectivity index (χ2n) is 4.29. The van der Waals surface area contributed by atoms with Crippen molar-refractivity contribution in [2.45, 2.75) is 39.3 Å². The van der Waals surface area contributed by atoms with Crippen LogP contribution in [0.25, 0.3) is 0 Å². The average molecular weight is 276 g/mol. The largest absolute Gasteiger partial charge is 0.489 e. The molecule has 2 nitrogen and oxygen atoms in total. The summed E-state index contributed by atoms with van der Waals surface area (Å²) < 4.78 is 5.84. The van der Waals surface area contributed by atoms with E-state index in [2.05, 4.69) is 26.1 Å². The minimum absolute atomic E-state index is 0.148. The lowest BCUT2D eigenvalue weighted by atomic mass is 10.2. The van der Waals surface area contributed by atoms with Crippen molar-refractivity contribution in [2.75, 3.05) is 6.54 Å². The summed E-state index contributed by atoms with van der Waals surface area (Å²) in [6.07, 6.45) is 1.09. The minimum atomic E-state index is 0.148. The lowest BCUT2D eigenvalue weighted by Crippen LogP contribution is -2.34. The van der Waals surface area contributed by atoms with E-state index in [1.165, 1.54) is 0 Å². The Morgan fingerprint density at radius 3 is 2.47 bits per heavy atom. The van der Waals surface area contributed by atoms with E-state index in [1.807, 2.05) is 6.07 Å². The van der Waals surface area contributed by atoms with Gasteiger partial charge in [0.2, 0.25) is 0 Å². The molecule has 0 amide bonds. The van der Waals surface area contributed by atoms with E-state index in [0.717, 1.165) is 18.7 Å². The molecule has 0 radical (unpaired) electrons. The molecule has 0 aliphatic rings. The van der Waals surface area contributed by atoms with Crippen molar-refractivity contribution in [1.82, 2.24) is 5.32 Å². The van der Waals surface area contributed by atoms with Crippen molar-refractivity contribution < 1.29 is 4.74 Å². The zero-order valence-corrected chi connectivity index (χ0v) is 12.0. The molecule has 0 fully saturated rings. The molecule has 17 heavy (non-hydrogen) atoms. The maximum atomic E-state index is 5.94. The molecule has 0 heterocycles. The maximum absolute atomic E-state index is 5.94. The fourth-order valence-corrected chi connectivity index (χ4v) is 1.67. The lowest BCUT2D eigenvalue weighted by molar-refractivity contribution is 0.190. The van der Waals surface area contributed by atoms with Gasteiger partial charge in [0.25, 0.3) is 0 Å². The van der Waals surface area contributed by atoms with Gasteiger partial charge in [-0.1, -0.05) is 44.0 Å². The zero-order chi connectivity index (χ0) is 12.8. The van der Waals surface area contributed by atoms with Crippen LogP contribution >= 0.6 is 23.2 Å². The molecule has 0 aliphatic carbocycles. The highest BCUT2D eigenvalue weighted by molar-refractivity contribution is 6.42. The van der Waals surface area contributed by atoms with Gasteiger partial charge in [0.1, 0.15) is 11.9 Å². The topological polar surface area (TPSA) is 21.3 Å². The van der Waals surface area contributed by atoms with Gasteiger partial charge >= 0.3 is 0 Å². The summed E-state index contributed by atoms with van der Waals surface area (Å²) >= 11 is 11.8. The molecule has 0 aromatic heterocycles. The van der Waals surface area contributed by atoms with E-state index in [1.54, 1.807) is 12.1 Å². The first kappa shape index (κ1) is 14.6. The van der Waals surface area contributed by atoms with Crippen LogP contribution in [0.15, 0.2) is 18.2 Å². The van der Waals surface area contributed by atoms with Gasteiger partial charge in [-0.3, -0.25) is 0 Å². The van der Waals surface area contributed by atoms with Crippen LogP contribution in [0.2, 0.25) is 10.0 Å². The summed E-state index contributed by atoms with van der Waals surface area (Å²) in [5, 5.41) is 4.43. The SMILES string of the molecule is CCC(CNC(C)C)Oc1ccc(Cl)c(Cl)c1. The molecule has 0 saturated carbocycles. The van der Waals surface area contributed by atoms with Crippen LogP contribution in [-0.4, -0.2) is 18.7 Å². The minimum Gasteiger partial charge on any atom is -0.489 e. The van der Waals surface area contributed by atoms with Crippen LogP contribution in [0.4, 0.5) is 0 Å². The predicted molar refractivity (Wildman–Crippen MR) is 74.3 cm³/mol. The number of ether oxygens (including phenoxy) is 1. The van der Waals surface area contributed by atoms with E-state index in [0.29, 0.717) is 16.1 Å². The lowest BCUT2D eigenvalue weighted by Gasteiger charge is -2.19. The van der Waals surface area contributed by atoms with Gasteiger partial charge in [-0.05, 0) is 18.6 Å². The second kappa shape index (κ2) is 7.10. The van der Waals surface area contributed by atoms with Crippen molar-refractivity contribution in [2.24, 2.45) is 0 Å². The van der Waals surface area contributed by atoms with Crippen LogP contribution in [0.5, 0.6) is 5.75 Å². The molecule has 1 N–H and O–H groups in total. The van der Waals surface area contributed by atoms with Gasteiger partial charge in [-0.2, -0.15) is 0 Å². The molecule has 0 spiro atoms.